The SMILES string of the molecule is N#CC1CN(c2c(F)cccc2C(=O)O)CCO1. The zero-order chi connectivity index (χ0) is 13.1. The Kier molecular flexibility index (Phi) is 3.44. The lowest BCUT2D eigenvalue weighted by Crippen LogP contribution is -2.42. The van der Waals surface area contributed by atoms with E-state index in [2.05, 4.69) is 0 Å². The number of carboxylic acids is 1. The van der Waals surface area contributed by atoms with Crippen LogP contribution in [0.4, 0.5) is 10.1 Å². The molecule has 18 heavy (non-hydrogen) atoms. The van der Waals surface area contributed by atoms with Crippen LogP contribution >= 0.6 is 0 Å². The average Bonchev–Trinajstić information content (AvgIpc) is 2.38. The van der Waals surface area contributed by atoms with E-state index in [-0.39, 0.29) is 24.4 Å². The lowest BCUT2D eigenvalue weighted by molar-refractivity contribution is 0.0686. The molecule has 1 heterocycles. The van der Waals surface area contributed by atoms with Crippen molar-refractivity contribution in [3.63, 3.8) is 0 Å². The number of nitriles is 1. The van der Waals surface area contributed by atoms with E-state index in [4.69, 9.17) is 15.1 Å². The Labute approximate surface area is 103 Å². The van der Waals surface area contributed by atoms with E-state index in [1.165, 1.54) is 23.1 Å². The van der Waals surface area contributed by atoms with Crippen molar-refractivity contribution >= 4 is 11.7 Å². The van der Waals surface area contributed by atoms with Crippen molar-refractivity contribution < 1.29 is 19.0 Å². The molecule has 0 bridgehead atoms. The van der Waals surface area contributed by atoms with Crippen molar-refractivity contribution in [1.29, 1.82) is 5.26 Å². The number of halogens is 1. The molecule has 1 unspecified atom stereocenters. The highest BCUT2D eigenvalue weighted by molar-refractivity contribution is 5.94. The summed E-state index contributed by atoms with van der Waals surface area (Å²) in [5.41, 5.74) is -0.0814. The van der Waals surface area contributed by atoms with Gasteiger partial charge in [-0.1, -0.05) is 6.07 Å². The molecule has 6 heteroatoms. The van der Waals surface area contributed by atoms with Crippen LogP contribution in [0.5, 0.6) is 0 Å². The molecular formula is C12H11FN2O3. The predicted molar refractivity (Wildman–Crippen MR) is 60.9 cm³/mol. The van der Waals surface area contributed by atoms with Crippen molar-refractivity contribution in [3.05, 3.63) is 29.6 Å². The van der Waals surface area contributed by atoms with E-state index >= 15 is 0 Å². The third-order valence-corrected chi connectivity index (χ3v) is 2.74. The van der Waals surface area contributed by atoms with Crippen LogP contribution in [0.2, 0.25) is 0 Å². The van der Waals surface area contributed by atoms with Crippen LogP contribution in [0.15, 0.2) is 18.2 Å². The molecule has 0 saturated carbocycles. The number of hydrogen-bond acceptors (Lipinski definition) is 4. The maximum atomic E-state index is 13.8. The van der Waals surface area contributed by atoms with E-state index in [1.54, 1.807) is 0 Å². The number of carbonyl (C=O) groups is 1. The van der Waals surface area contributed by atoms with Crippen molar-refractivity contribution in [2.45, 2.75) is 6.10 Å². The number of hydrogen-bond donors (Lipinski definition) is 1. The number of aromatic carboxylic acids is 1. The third kappa shape index (κ3) is 2.26. The van der Waals surface area contributed by atoms with Gasteiger partial charge in [-0.3, -0.25) is 0 Å². The van der Waals surface area contributed by atoms with Crippen molar-refractivity contribution in [2.24, 2.45) is 0 Å². The van der Waals surface area contributed by atoms with Gasteiger partial charge in [0.15, 0.2) is 6.10 Å². The number of morpholine rings is 1. The summed E-state index contributed by atoms with van der Waals surface area (Å²) in [6.45, 7) is 0.794. The first kappa shape index (κ1) is 12.3. The summed E-state index contributed by atoms with van der Waals surface area (Å²) in [7, 11) is 0. The summed E-state index contributed by atoms with van der Waals surface area (Å²) < 4.78 is 18.9. The minimum absolute atomic E-state index is 0.0218. The second kappa shape index (κ2) is 5.02. The third-order valence-electron chi connectivity index (χ3n) is 2.74. The molecule has 1 atom stereocenters. The van der Waals surface area contributed by atoms with E-state index in [0.29, 0.717) is 6.54 Å². The van der Waals surface area contributed by atoms with Crippen LogP contribution < -0.4 is 4.90 Å². The van der Waals surface area contributed by atoms with Gasteiger partial charge in [0, 0.05) is 6.54 Å². The molecule has 1 aromatic rings. The zero-order valence-corrected chi connectivity index (χ0v) is 9.47. The summed E-state index contributed by atoms with van der Waals surface area (Å²) in [6.07, 6.45) is -0.667. The van der Waals surface area contributed by atoms with E-state index in [0.717, 1.165) is 0 Å². The first-order chi connectivity index (χ1) is 8.63. The molecule has 2 rings (SSSR count). The molecular weight excluding hydrogens is 239 g/mol. The second-order valence-corrected chi connectivity index (χ2v) is 3.88. The number of carboxylic acid groups (broad SMARTS) is 1. The van der Waals surface area contributed by atoms with Gasteiger partial charge in [0.25, 0.3) is 0 Å². The fourth-order valence-electron chi connectivity index (χ4n) is 1.94. The maximum absolute atomic E-state index is 13.8. The molecule has 0 radical (unpaired) electrons. The molecule has 0 aliphatic carbocycles. The Balaban J connectivity index is 2.38. The van der Waals surface area contributed by atoms with E-state index in [9.17, 15) is 9.18 Å². The highest BCUT2D eigenvalue weighted by Crippen LogP contribution is 2.26. The average molecular weight is 250 g/mol. The van der Waals surface area contributed by atoms with Crippen molar-refractivity contribution in [2.75, 3.05) is 24.6 Å². The maximum Gasteiger partial charge on any atom is 0.337 e. The van der Waals surface area contributed by atoms with Gasteiger partial charge in [-0.2, -0.15) is 5.26 Å². The van der Waals surface area contributed by atoms with Crippen molar-refractivity contribution in [1.82, 2.24) is 0 Å². The molecule has 5 nitrogen and oxygen atoms in total. The highest BCUT2D eigenvalue weighted by Gasteiger charge is 2.26. The number of anilines is 1. The Morgan fingerprint density at radius 1 is 1.61 bits per heavy atom. The minimum Gasteiger partial charge on any atom is -0.478 e. The number of para-hydroxylation sites is 1. The summed E-state index contributed by atoms with van der Waals surface area (Å²) in [6, 6.07) is 5.84. The summed E-state index contributed by atoms with van der Waals surface area (Å²) in [5.74, 6) is -1.79. The summed E-state index contributed by atoms with van der Waals surface area (Å²) in [5, 5.41) is 17.8. The Morgan fingerprint density at radius 2 is 2.39 bits per heavy atom. The lowest BCUT2D eigenvalue weighted by atomic mass is 10.1. The number of ether oxygens (including phenoxy) is 1. The van der Waals surface area contributed by atoms with Crippen LogP contribution in [-0.4, -0.2) is 36.9 Å². The van der Waals surface area contributed by atoms with Gasteiger partial charge in [0.1, 0.15) is 5.82 Å². The molecule has 1 fully saturated rings. The van der Waals surface area contributed by atoms with E-state index < -0.39 is 17.9 Å². The molecule has 0 aromatic heterocycles. The summed E-state index contributed by atoms with van der Waals surface area (Å²) in [4.78, 5) is 12.6. The van der Waals surface area contributed by atoms with Gasteiger partial charge >= 0.3 is 5.97 Å². The standard InChI is InChI=1S/C12H11FN2O3/c13-10-3-1-2-9(12(16)17)11(10)15-4-5-18-8(6-14)7-15/h1-3,8H,4-5,7H2,(H,16,17). The van der Waals surface area contributed by atoms with Crippen LogP contribution in [0.25, 0.3) is 0 Å². The number of nitrogens with zero attached hydrogens (tertiary/aromatic N) is 2. The van der Waals surface area contributed by atoms with Crippen molar-refractivity contribution in [3.8, 4) is 6.07 Å². The zero-order valence-electron chi connectivity index (χ0n) is 9.47. The van der Waals surface area contributed by atoms with E-state index in [1.807, 2.05) is 6.07 Å². The van der Waals surface area contributed by atoms with Gasteiger partial charge in [-0.25, -0.2) is 9.18 Å². The fourth-order valence-corrected chi connectivity index (χ4v) is 1.94. The first-order valence-corrected chi connectivity index (χ1v) is 5.41. The monoisotopic (exact) mass is 250 g/mol. The lowest BCUT2D eigenvalue weighted by Gasteiger charge is -2.32. The molecule has 0 amide bonds. The molecule has 1 aliphatic rings. The highest BCUT2D eigenvalue weighted by atomic mass is 19.1. The van der Waals surface area contributed by atoms with Gasteiger partial charge in [-0.05, 0) is 12.1 Å². The smallest absolute Gasteiger partial charge is 0.337 e. The molecule has 1 N–H and O–H groups in total. The Morgan fingerprint density at radius 3 is 3.06 bits per heavy atom. The van der Waals surface area contributed by atoms with Gasteiger partial charge < -0.3 is 14.7 Å². The largest absolute Gasteiger partial charge is 0.478 e. The Hall–Kier alpha value is -2.13. The van der Waals surface area contributed by atoms with Gasteiger partial charge in [0.05, 0.1) is 30.5 Å². The second-order valence-electron chi connectivity index (χ2n) is 3.88. The predicted octanol–water partition coefficient (Wildman–Crippen LogP) is 1.25. The van der Waals surface area contributed by atoms with Crippen LogP contribution in [0.1, 0.15) is 10.4 Å². The minimum atomic E-state index is -1.19. The fraction of sp³-hybridized carbons (Fsp3) is 0.333. The molecule has 0 spiro atoms. The molecule has 1 aromatic carbocycles. The Bertz CT molecular complexity index is 513. The number of benzene rings is 1. The molecule has 1 saturated heterocycles. The normalized spacial score (nSPS) is 19.3. The topological polar surface area (TPSA) is 73.6 Å². The molecule has 94 valence electrons. The van der Waals surface area contributed by atoms with Crippen LogP contribution in [0, 0.1) is 17.1 Å². The molecule has 1 aliphatic heterocycles. The quantitative estimate of drug-likeness (QED) is 0.855. The van der Waals surface area contributed by atoms with Gasteiger partial charge in [0.2, 0.25) is 0 Å². The number of rotatable bonds is 2. The summed E-state index contributed by atoms with van der Waals surface area (Å²) >= 11 is 0. The van der Waals surface area contributed by atoms with Crippen LogP contribution in [0.3, 0.4) is 0 Å². The first-order valence-electron chi connectivity index (χ1n) is 5.41. The van der Waals surface area contributed by atoms with Crippen LogP contribution in [-0.2, 0) is 4.74 Å². The van der Waals surface area contributed by atoms with Gasteiger partial charge in [-0.15, -0.1) is 0 Å².